The molecule has 0 radical (unpaired) electrons. The van der Waals surface area contributed by atoms with E-state index in [0.717, 1.165) is 5.56 Å². The number of nitrogens with zero attached hydrogens (tertiary/aromatic N) is 1. The number of nitro benzene ring substituents is 1. The lowest BCUT2D eigenvalue weighted by Crippen LogP contribution is -2.00. The molecule has 4 nitrogen and oxygen atoms in total. The smallest absolute Gasteiger partial charge is 0.292 e. The number of hydrogen-bond donors (Lipinski definition) is 1. The van der Waals surface area contributed by atoms with Crippen molar-refractivity contribution in [3.63, 3.8) is 0 Å². The van der Waals surface area contributed by atoms with Gasteiger partial charge in [-0.3, -0.25) is 10.1 Å². The van der Waals surface area contributed by atoms with Crippen LogP contribution in [0.2, 0.25) is 0 Å². The molecule has 0 amide bonds. The Balaban J connectivity index is 2.24. The Morgan fingerprint density at radius 2 is 2.00 bits per heavy atom. The summed E-state index contributed by atoms with van der Waals surface area (Å²) >= 11 is 1.31. The molecule has 6 heteroatoms. The predicted octanol–water partition coefficient (Wildman–Crippen LogP) is 4.07. The molecule has 2 aromatic rings. The zero-order chi connectivity index (χ0) is 14.5. The van der Waals surface area contributed by atoms with E-state index in [1.165, 1.54) is 23.9 Å². The van der Waals surface area contributed by atoms with E-state index in [1.807, 2.05) is 0 Å². The Morgan fingerprint density at radius 3 is 2.65 bits per heavy atom. The van der Waals surface area contributed by atoms with Gasteiger partial charge in [-0.25, -0.2) is 4.39 Å². The fraction of sp³-hybridized carbons (Fsp3) is 0.143. The summed E-state index contributed by atoms with van der Waals surface area (Å²) in [6, 6.07) is 11.4. The third kappa shape index (κ3) is 3.08. The van der Waals surface area contributed by atoms with Crippen LogP contribution in [-0.2, 0) is 5.75 Å². The van der Waals surface area contributed by atoms with Crippen LogP contribution >= 0.6 is 11.8 Å². The van der Waals surface area contributed by atoms with Crippen LogP contribution in [-0.4, -0.2) is 12.0 Å². The third-order valence-electron chi connectivity index (χ3n) is 2.80. The largest absolute Gasteiger partial charge is 0.382 e. The number of halogens is 1. The number of thioether (sulfide) groups is 1. The van der Waals surface area contributed by atoms with Gasteiger partial charge in [0.25, 0.3) is 5.69 Å². The molecule has 0 unspecified atom stereocenters. The minimum absolute atomic E-state index is 0.0270. The Hall–Kier alpha value is -2.08. The van der Waals surface area contributed by atoms with E-state index >= 15 is 0 Å². The Bertz CT molecular complexity index is 634. The summed E-state index contributed by atoms with van der Waals surface area (Å²) in [7, 11) is 1.64. The SMILES string of the molecule is CNc1c(CSc2ccccc2F)cccc1[N+](=O)[O-]. The van der Waals surface area contributed by atoms with Gasteiger partial charge in [0, 0.05) is 23.8 Å². The Morgan fingerprint density at radius 1 is 1.25 bits per heavy atom. The summed E-state index contributed by atoms with van der Waals surface area (Å²) < 4.78 is 13.5. The number of nitro groups is 1. The molecule has 0 atom stereocenters. The van der Waals surface area contributed by atoms with Gasteiger partial charge < -0.3 is 5.32 Å². The first-order valence-corrected chi connectivity index (χ1v) is 6.93. The van der Waals surface area contributed by atoms with Gasteiger partial charge in [0.05, 0.1) is 4.92 Å². The quantitative estimate of drug-likeness (QED) is 0.513. The van der Waals surface area contributed by atoms with Crippen LogP contribution in [0.1, 0.15) is 5.56 Å². The number of hydrogen-bond acceptors (Lipinski definition) is 4. The second-order valence-electron chi connectivity index (χ2n) is 4.04. The highest BCUT2D eigenvalue weighted by atomic mass is 32.2. The van der Waals surface area contributed by atoms with E-state index in [2.05, 4.69) is 5.32 Å². The molecule has 0 saturated carbocycles. The standard InChI is InChI=1S/C14H13FN2O2S/c1-16-14-10(5-4-7-12(14)17(18)19)9-20-13-8-3-2-6-11(13)15/h2-8,16H,9H2,1H3. The lowest BCUT2D eigenvalue weighted by atomic mass is 10.1. The molecule has 104 valence electrons. The second kappa shape index (κ2) is 6.38. The number of rotatable bonds is 5. The van der Waals surface area contributed by atoms with Crippen molar-refractivity contribution in [3.8, 4) is 0 Å². The minimum Gasteiger partial charge on any atom is -0.382 e. The summed E-state index contributed by atoms with van der Waals surface area (Å²) in [6.07, 6.45) is 0. The zero-order valence-corrected chi connectivity index (χ0v) is 11.6. The predicted molar refractivity (Wildman–Crippen MR) is 78.6 cm³/mol. The fourth-order valence-corrected chi connectivity index (χ4v) is 2.80. The molecule has 2 aromatic carbocycles. The van der Waals surface area contributed by atoms with E-state index in [0.29, 0.717) is 16.3 Å². The van der Waals surface area contributed by atoms with Crippen LogP contribution in [0.15, 0.2) is 47.4 Å². The topological polar surface area (TPSA) is 55.2 Å². The van der Waals surface area contributed by atoms with Gasteiger partial charge in [-0.1, -0.05) is 24.3 Å². The average molecular weight is 292 g/mol. The van der Waals surface area contributed by atoms with Crippen LogP contribution in [0.5, 0.6) is 0 Å². The van der Waals surface area contributed by atoms with Crippen molar-refractivity contribution >= 4 is 23.1 Å². The summed E-state index contributed by atoms with van der Waals surface area (Å²) in [6.45, 7) is 0. The number of nitrogens with one attached hydrogen (secondary N) is 1. The molecule has 0 heterocycles. The van der Waals surface area contributed by atoms with Crippen molar-refractivity contribution in [1.82, 2.24) is 0 Å². The molecule has 0 aliphatic rings. The summed E-state index contributed by atoms with van der Waals surface area (Å²) in [4.78, 5) is 11.1. The molecule has 0 aliphatic carbocycles. The van der Waals surface area contributed by atoms with Crippen LogP contribution < -0.4 is 5.32 Å². The van der Waals surface area contributed by atoms with Crippen molar-refractivity contribution in [1.29, 1.82) is 0 Å². The van der Waals surface area contributed by atoms with E-state index < -0.39 is 4.92 Å². The van der Waals surface area contributed by atoms with Gasteiger partial charge >= 0.3 is 0 Å². The lowest BCUT2D eigenvalue weighted by molar-refractivity contribution is -0.384. The zero-order valence-electron chi connectivity index (χ0n) is 10.8. The van der Waals surface area contributed by atoms with E-state index in [9.17, 15) is 14.5 Å². The van der Waals surface area contributed by atoms with Gasteiger partial charge in [-0.05, 0) is 17.7 Å². The molecule has 0 bridgehead atoms. The van der Waals surface area contributed by atoms with E-state index in [1.54, 1.807) is 37.4 Å². The molecule has 0 saturated heterocycles. The van der Waals surface area contributed by atoms with E-state index in [-0.39, 0.29) is 11.5 Å². The number of benzene rings is 2. The maximum atomic E-state index is 13.5. The summed E-state index contributed by atoms with van der Waals surface area (Å²) in [5, 5.41) is 13.8. The van der Waals surface area contributed by atoms with Crippen LogP contribution in [0.3, 0.4) is 0 Å². The molecule has 0 aliphatic heterocycles. The molecular weight excluding hydrogens is 279 g/mol. The average Bonchev–Trinajstić information content (AvgIpc) is 2.45. The van der Waals surface area contributed by atoms with Crippen molar-refractivity contribution in [2.45, 2.75) is 10.6 Å². The van der Waals surface area contributed by atoms with Gasteiger partial charge in [0.1, 0.15) is 11.5 Å². The first-order chi connectivity index (χ1) is 9.63. The third-order valence-corrected chi connectivity index (χ3v) is 3.89. The van der Waals surface area contributed by atoms with Gasteiger partial charge in [-0.2, -0.15) is 0 Å². The van der Waals surface area contributed by atoms with Crippen molar-refractivity contribution < 1.29 is 9.31 Å². The number of para-hydroxylation sites is 1. The van der Waals surface area contributed by atoms with Crippen molar-refractivity contribution in [2.24, 2.45) is 0 Å². The Kier molecular flexibility index (Phi) is 4.57. The molecule has 20 heavy (non-hydrogen) atoms. The van der Waals surface area contributed by atoms with E-state index in [4.69, 9.17) is 0 Å². The Labute approximate surface area is 120 Å². The highest BCUT2D eigenvalue weighted by molar-refractivity contribution is 7.98. The van der Waals surface area contributed by atoms with Crippen molar-refractivity contribution in [3.05, 3.63) is 64.0 Å². The second-order valence-corrected chi connectivity index (χ2v) is 5.05. The van der Waals surface area contributed by atoms with Gasteiger partial charge in [0.2, 0.25) is 0 Å². The van der Waals surface area contributed by atoms with Crippen LogP contribution in [0.4, 0.5) is 15.8 Å². The fourth-order valence-electron chi connectivity index (χ4n) is 1.86. The normalized spacial score (nSPS) is 10.3. The summed E-state index contributed by atoms with van der Waals surface area (Å²) in [5.41, 5.74) is 1.27. The lowest BCUT2D eigenvalue weighted by Gasteiger charge is -2.09. The monoisotopic (exact) mass is 292 g/mol. The molecule has 2 rings (SSSR count). The van der Waals surface area contributed by atoms with Crippen LogP contribution in [0, 0.1) is 15.9 Å². The minimum atomic E-state index is -0.427. The molecule has 1 N–H and O–H groups in total. The molecule has 0 aromatic heterocycles. The highest BCUT2D eigenvalue weighted by Gasteiger charge is 2.16. The first-order valence-electron chi connectivity index (χ1n) is 5.95. The summed E-state index contributed by atoms with van der Waals surface area (Å²) in [5.74, 6) is 0.174. The van der Waals surface area contributed by atoms with Crippen molar-refractivity contribution in [2.75, 3.05) is 12.4 Å². The maximum Gasteiger partial charge on any atom is 0.292 e. The molecular formula is C14H13FN2O2S. The number of anilines is 1. The first kappa shape index (κ1) is 14.3. The van der Waals surface area contributed by atoms with Gasteiger partial charge in [-0.15, -0.1) is 11.8 Å². The highest BCUT2D eigenvalue weighted by Crippen LogP contribution is 2.33. The molecule has 0 spiro atoms. The van der Waals surface area contributed by atoms with Crippen LogP contribution in [0.25, 0.3) is 0 Å². The molecule has 0 fully saturated rings. The maximum absolute atomic E-state index is 13.5. The van der Waals surface area contributed by atoms with Gasteiger partial charge in [0.15, 0.2) is 0 Å².